The van der Waals surface area contributed by atoms with Gasteiger partial charge >= 0.3 is 0 Å². The van der Waals surface area contributed by atoms with E-state index in [1.807, 2.05) is 12.1 Å². The van der Waals surface area contributed by atoms with Gasteiger partial charge in [-0.3, -0.25) is 0 Å². The van der Waals surface area contributed by atoms with Crippen LogP contribution in [0, 0.1) is 0 Å². The molecule has 0 bridgehead atoms. The fraction of sp³-hybridized carbons (Fsp3) is 0.444. The number of nitrogens with zero attached hydrogens (tertiary/aromatic N) is 1. The summed E-state index contributed by atoms with van der Waals surface area (Å²) < 4.78 is 2.32. The topological polar surface area (TPSA) is 17.0 Å². The molecule has 3 rings (SSSR count). The lowest BCUT2D eigenvalue weighted by molar-refractivity contribution is 0.462. The lowest BCUT2D eigenvalue weighted by Crippen LogP contribution is -2.24. The highest BCUT2D eigenvalue weighted by Gasteiger charge is 2.21. The van der Waals surface area contributed by atoms with Crippen molar-refractivity contribution in [1.29, 1.82) is 0 Å². The Morgan fingerprint density at radius 3 is 2.81 bits per heavy atom. The molecule has 1 aromatic heterocycles. The Morgan fingerprint density at radius 1 is 1.24 bits per heavy atom. The summed E-state index contributed by atoms with van der Waals surface area (Å²) >= 11 is 5.95. The van der Waals surface area contributed by atoms with Crippen LogP contribution in [-0.4, -0.2) is 11.1 Å². The van der Waals surface area contributed by atoms with Crippen molar-refractivity contribution in [2.24, 2.45) is 0 Å². The van der Waals surface area contributed by atoms with Crippen molar-refractivity contribution < 1.29 is 0 Å². The van der Waals surface area contributed by atoms with Crippen molar-refractivity contribution in [3.8, 4) is 0 Å². The van der Waals surface area contributed by atoms with E-state index >= 15 is 0 Å². The first-order valence-corrected chi connectivity index (χ1v) is 8.30. The number of halogens is 1. The van der Waals surface area contributed by atoms with Gasteiger partial charge in [0, 0.05) is 30.0 Å². The molecule has 112 valence electrons. The van der Waals surface area contributed by atoms with Crippen molar-refractivity contribution in [3.05, 3.63) is 58.4 Å². The fourth-order valence-corrected chi connectivity index (χ4v) is 3.30. The molecule has 2 nitrogen and oxygen atoms in total. The highest BCUT2D eigenvalue weighted by atomic mass is 35.5. The Labute approximate surface area is 132 Å². The maximum atomic E-state index is 5.95. The second-order valence-corrected chi connectivity index (χ2v) is 6.37. The van der Waals surface area contributed by atoms with Crippen molar-refractivity contribution in [2.75, 3.05) is 6.54 Å². The van der Waals surface area contributed by atoms with Crippen LogP contribution in [0.3, 0.4) is 0 Å². The van der Waals surface area contributed by atoms with Gasteiger partial charge in [0.1, 0.15) is 0 Å². The second kappa shape index (κ2) is 6.67. The molecule has 21 heavy (non-hydrogen) atoms. The number of fused-ring (bicyclic) bond motifs is 1. The summed E-state index contributed by atoms with van der Waals surface area (Å²) in [4.78, 5) is 0. The third-order valence-corrected chi connectivity index (χ3v) is 4.48. The highest BCUT2D eigenvalue weighted by molar-refractivity contribution is 6.30. The Morgan fingerprint density at radius 2 is 2.05 bits per heavy atom. The maximum absolute atomic E-state index is 5.95. The van der Waals surface area contributed by atoms with E-state index in [1.54, 1.807) is 0 Å². The van der Waals surface area contributed by atoms with E-state index in [1.165, 1.54) is 42.4 Å². The van der Waals surface area contributed by atoms with Crippen LogP contribution < -0.4 is 5.32 Å². The molecule has 0 saturated heterocycles. The first-order chi connectivity index (χ1) is 10.3. The van der Waals surface area contributed by atoms with Gasteiger partial charge in [0.25, 0.3) is 0 Å². The van der Waals surface area contributed by atoms with Crippen LogP contribution in [0.5, 0.6) is 0 Å². The monoisotopic (exact) mass is 302 g/mol. The van der Waals surface area contributed by atoms with Crippen molar-refractivity contribution >= 4 is 11.6 Å². The molecule has 1 aromatic carbocycles. The van der Waals surface area contributed by atoms with Gasteiger partial charge < -0.3 is 9.88 Å². The van der Waals surface area contributed by atoms with Gasteiger partial charge in [-0.2, -0.15) is 0 Å². The summed E-state index contributed by atoms with van der Waals surface area (Å²) in [5.41, 5.74) is 4.32. The van der Waals surface area contributed by atoms with Gasteiger partial charge in [-0.25, -0.2) is 0 Å². The van der Waals surface area contributed by atoms with Gasteiger partial charge in [0.2, 0.25) is 0 Å². The van der Waals surface area contributed by atoms with Crippen molar-refractivity contribution in [2.45, 2.75) is 45.2 Å². The van der Waals surface area contributed by atoms with E-state index in [2.05, 4.69) is 41.3 Å². The van der Waals surface area contributed by atoms with Crippen molar-refractivity contribution in [1.82, 2.24) is 9.88 Å². The number of benzene rings is 1. The summed E-state index contributed by atoms with van der Waals surface area (Å²) in [5, 5.41) is 4.48. The Hall–Kier alpha value is -1.25. The summed E-state index contributed by atoms with van der Waals surface area (Å²) in [6.45, 7) is 4.25. The van der Waals surface area contributed by atoms with Crippen LogP contribution in [0.25, 0.3) is 0 Å². The zero-order chi connectivity index (χ0) is 14.7. The average molecular weight is 303 g/mol. The molecular weight excluding hydrogens is 280 g/mol. The SMILES string of the molecule is CCCNC1CCCc2cn(Cc3ccc(Cl)cc3)cc21. The molecule has 1 heterocycles. The Bertz CT molecular complexity index is 586. The van der Waals surface area contributed by atoms with Gasteiger partial charge in [-0.05, 0) is 61.1 Å². The zero-order valence-corrected chi connectivity index (χ0v) is 13.4. The molecule has 0 radical (unpaired) electrons. The van der Waals surface area contributed by atoms with Crippen LogP contribution in [-0.2, 0) is 13.0 Å². The molecular formula is C18H23ClN2. The molecule has 3 heteroatoms. The number of hydrogen-bond acceptors (Lipinski definition) is 1. The number of aromatic nitrogens is 1. The van der Waals surface area contributed by atoms with Gasteiger partial charge in [-0.1, -0.05) is 30.7 Å². The van der Waals surface area contributed by atoms with E-state index in [9.17, 15) is 0 Å². The lowest BCUT2D eigenvalue weighted by Gasteiger charge is -2.23. The van der Waals surface area contributed by atoms with Crippen LogP contribution in [0.15, 0.2) is 36.7 Å². The van der Waals surface area contributed by atoms with E-state index in [4.69, 9.17) is 11.6 Å². The largest absolute Gasteiger partial charge is 0.349 e. The minimum atomic E-state index is 0.542. The molecule has 1 atom stereocenters. The molecule has 1 aliphatic rings. The smallest absolute Gasteiger partial charge is 0.0470 e. The standard InChI is InChI=1S/C18H23ClN2/c1-2-10-20-18-5-3-4-15-12-21(13-17(15)18)11-14-6-8-16(19)9-7-14/h6-9,12-13,18,20H,2-5,10-11H2,1H3. The van der Waals surface area contributed by atoms with Crippen molar-refractivity contribution in [3.63, 3.8) is 0 Å². The zero-order valence-electron chi connectivity index (χ0n) is 12.6. The predicted octanol–water partition coefficient (Wildman–Crippen LogP) is 4.57. The molecule has 0 aliphatic heterocycles. The second-order valence-electron chi connectivity index (χ2n) is 5.94. The van der Waals surface area contributed by atoms with E-state index in [0.717, 1.165) is 18.1 Å². The molecule has 1 unspecified atom stereocenters. The van der Waals surface area contributed by atoms with Crippen LogP contribution >= 0.6 is 11.6 Å². The third kappa shape index (κ3) is 3.50. The number of rotatable bonds is 5. The quantitative estimate of drug-likeness (QED) is 0.856. The van der Waals surface area contributed by atoms with Gasteiger partial charge in [0.05, 0.1) is 0 Å². The molecule has 2 aromatic rings. The predicted molar refractivity (Wildman–Crippen MR) is 89.0 cm³/mol. The molecule has 0 spiro atoms. The minimum Gasteiger partial charge on any atom is -0.349 e. The van der Waals surface area contributed by atoms with Gasteiger partial charge in [0.15, 0.2) is 0 Å². The van der Waals surface area contributed by atoms with Crippen LogP contribution in [0.4, 0.5) is 0 Å². The van der Waals surface area contributed by atoms with E-state index in [0.29, 0.717) is 6.04 Å². The van der Waals surface area contributed by atoms with Gasteiger partial charge in [-0.15, -0.1) is 0 Å². The summed E-state index contributed by atoms with van der Waals surface area (Å²) in [6.07, 6.45) is 9.61. The highest BCUT2D eigenvalue weighted by Crippen LogP contribution is 2.30. The lowest BCUT2D eigenvalue weighted by atomic mass is 9.91. The third-order valence-electron chi connectivity index (χ3n) is 4.23. The summed E-state index contributed by atoms with van der Waals surface area (Å²) in [5.74, 6) is 0. The first kappa shape index (κ1) is 14.7. The molecule has 0 fully saturated rings. The Kier molecular flexibility index (Phi) is 4.67. The first-order valence-electron chi connectivity index (χ1n) is 7.92. The Balaban J connectivity index is 1.76. The number of hydrogen-bond donors (Lipinski definition) is 1. The van der Waals surface area contributed by atoms with E-state index in [-0.39, 0.29) is 0 Å². The summed E-state index contributed by atoms with van der Waals surface area (Å²) in [6, 6.07) is 8.68. The molecule has 1 N–H and O–H groups in total. The normalized spacial score (nSPS) is 17.7. The molecule has 0 amide bonds. The number of aryl methyl sites for hydroxylation is 1. The fourth-order valence-electron chi connectivity index (χ4n) is 3.17. The van der Waals surface area contributed by atoms with Crippen LogP contribution in [0.1, 0.15) is 48.9 Å². The van der Waals surface area contributed by atoms with Crippen LogP contribution in [0.2, 0.25) is 5.02 Å². The molecule has 0 saturated carbocycles. The van der Waals surface area contributed by atoms with E-state index < -0.39 is 0 Å². The molecule has 1 aliphatic carbocycles. The maximum Gasteiger partial charge on any atom is 0.0470 e. The number of nitrogens with one attached hydrogen (secondary N) is 1. The minimum absolute atomic E-state index is 0.542. The average Bonchev–Trinajstić information content (AvgIpc) is 2.90. The summed E-state index contributed by atoms with van der Waals surface area (Å²) in [7, 11) is 0.